The maximum atomic E-state index is 14.2. The third-order valence-electron chi connectivity index (χ3n) is 9.63. The van der Waals surface area contributed by atoms with Gasteiger partial charge in [0.05, 0.1) is 25.0 Å². The van der Waals surface area contributed by atoms with E-state index < -0.39 is 40.3 Å². The zero-order chi connectivity index (χ0) is 40.5. The predicted octanol–water partition coefficient (Wildman–Crippen LogP) is 3.16. The van der Waals surface area contributed by atoms with E-state index in [1.54, 1.807) is 50.9 Å². The molecule has 2 unspecified atom stereocenters. The summed E-state index contributed by atoms with van der Waals surface area (Å²) in [7, 11) is -1.25. The molecule has 55 heavy (non-hydrogen) atoms. The van der Waals surface area contributed by atoms with Gasteiger partial charge in [0.25, 0.3) is 0 Å². The number of sulfonamides is 1. The number of amidine groups is 1. The molecule has 1 aliphatic heterocycles. The number of hydrogen-bond acceptors (Lipinski definition) is 9. The molecule has 1 saturated heterocycles. The summed E-state index contributed by atoms with van der Waals surface area (Å²) in [5, 5.41) is 8.84. The number of amides is 3. The van der Waals surface area contributed by atoms with Crippen LogP contribution in [0.25, 0.3) is 0 Å². The number of hydrogen-bond donors (Lipinski definition) is 5. The van der Waals surface area contributed by atoms with E-state index in [1.807, 2.05) is 19.1 Å². The van der Waals surface area contributed by atoms with Crippen molar-refractivity contribution in [2.75, 3.05) is 53.6 Å². The highest BCUT2D eigenvalue weighted by atomic mass is 32.2. The molecule has 14 nitrogen and oxygen atoms in total. The number of allylic oxidation sites excluding steroid dienone is 1. The molecule has 1 fully saturated rings. The van der Waals surface area contributed by atoms with Crippen molar-refractivity contribution in [1.82, 2.24) is 25.6 Å². The molecule has 0 radical (unpaired) electrons. The fraction of sp³-hybridized carbons (Fsp3) is 0.550. The molecule has 0 aliphatic carbocycles. The molecule has 0 aromatic heterocycles. The standard InChI is InChI=1S/C40H61N7O7S/c1-8-22-54-23-19-43-28(3)13-12-18-44-36(48)26-33(46-55(51,52)37-27(2)24-35(53-7)29(4)30(37)5)39(49)45-34(40(50)47-20-10-9-11-21-47)25-31-14-16-32(17-15-31)38(41)42-6/h14-17,24,33-34,43,46H,3,8-13,18-23,25-26H2,1-2,4-7H3,(H2,41,42)(H,44,48)(H,45,49). The molecule has 2 aromatic carbocycles. The van der Waals surface area contributed by atoms with E-state index in [0.29, 0.717) is 79.5 Å². The monoisotopic (exact) mass is 783 g/mol. The lowest BCUT2D eigenvalue weighted by atomic mass is 10.0. The Hall–Kier alpha value is -4.47. The smallest absolute Gasteiger partial charge is 0.245 e. The second-order valence-electron chi connectivity index (χ2n) is 13.9. The van der Waals surface area contributed by atoms with Crippen molar-refractivity contribution >= 4 is 33.6 Å². The van der Waals surface area contributed by atoms with Crippen LogP contribution in [0.5, 0.6) is 5.75 Å². The molecule has 6 N–H and O–H groups in total. The van der Waals surface area contributed by atoms with Gasteiger partial charge in [-0.1, -0.05) is 37.8 Å². The Morgan fingerprint density at radius 1 is 0.982 bits per heavy atom. The summed E-state index contributed by atoms with van der Waals surface area (Å²) in [5.74, 6) is -0.709. The number of nitrogens with one attached hydrogen (secondary N) is 4. The Kier molecular flexibility index (Phi) is 18.1. The summed E-state index contributed by atoms with van der Waals surface area (Å²) in [5.41, 5.74) is 9.74. The first kappa shape index (κ1) is 44.9. The van der Waals surface area contributed by atoms with Crippen molar-refractivity contribution < 1.29 is 32.3 Å². The normalized spacial score (nSPS) is 14.5. The molecule has 1 heterocycles. The van der Waals surface area contributed by atoms with Crippen LogP contribution in [0.2, 0.25) is 0 Å². The number of methoxy groups -OCH3 is 1. The van der Waals surface area contributed by atoms with Crippen LogP contribution in [0.15, 0.2) is 52.5 Å². The summed E-state index contributed by atoms with van der Waals surface area (Å²) >= 11 is 0. The highest BCUT2D eigenvalue weighted by Crippen LogP contribution is 2.30. The number of rotatable bonds is 22. The van der Waals surface area contributed by atoms with Gasteiger partial charge >= 0.3 is 0 Å². The molecule has 15 heteroatoms. The maximum absolute atomic E-state index is 14.2. The van der Waals surface area contributed by atoms with Gasteiger partial charge in [-0.3, -0.25) is 19.4 Å². The molecular weight excluding hydrogens is 723 g/mol. The summed E-state index contributed by atoms with van der Waals surface area (Å²) < 4.78 is 41.6. The van der Waals surface area contributed by atoms with Gasteiger partial charge < -0.3 is 36.1 Å². The molecule has 3 rings (SSSR count). The second-order valence-corrected chi connectivity index (χ2v) is 15.6. The molecular formula is C40H61N7O7S. The van der Waals surface area contributed by atoms with Gasteiger partial charge in [0.15, 0.2) is 0 Å². The average molecular weight is 784 g/mol. The molecule has 0 saturated carbocycles. The average Bonchev–Trinajstić information content (AvgIpc) is 3.17. The first-order valence-electron chi connectivity index (χ1n) is 19.1. The van der Waals surface area contributed by atoms with E-state index in [9.17, 15) is 22.8 Å². The lowest BCUT2D eigenvalue weighted by Crippen LogP contribution is -2.56. The first-order chi connectivity index (χ1) is 26.2. The summed E-state index contributed by atoms with van der Waals surface area (Å²) in [6.07, 6.45) is 4.44. The maximum Gasteiger partial charge on any atom is 0.245 e. The number of carbonyl (C=O) groups excluding carboxylic acids is 3. The molecule has 0 spiro atoms. The quantitative estimate of drug-likeness (QED) is 0.0678. The Morgan fingerprint density at radius 2 is 1.67 bits per heavy atom. The van der Waals surface area contributed by atoms with E-state index in [4.69, 9.17) is 15.2 Å². The summed E-state index contributed by atoms with van der Waals surface area (Å²) in [4.78, 5) is 47.3. The van der Waals surface area contributed by atoms with Crippen molar-refractivity contribution in [2.45, 2.75) is 96.0 Å². The predicted molar refractivity (Wildman–Crippen MR) is 216 cm³/mol. The number of aliphatic imine (C=N–C) groups is 1. The highest BCUT2D eigenvalue weighted by molar-refractivity contribution is 7.89. The Bertz CT molecular complexity index is 1760. The van der Waals surface area contributed by atoms with Crippen LogP contribution in [0.1, 0.15) is 79.7 Å². The Balaban J connectivity index is 1.85. The van der Waals surface area contributed by atoms with Crippen LogP contribution in [0.4, 0.5) is 0 Å². The number of benzene rings is 2. The molecule has 2 atom stereocenters. The summed E-state index contributed by atoms with van der Waals surface area (Å²) in [6, 6.07) is 6.26. The van der Waals surface area contributed by atoms with Gasteiger partial charge in [-0.2, -0.15) is 4.72 Å². The fourth-order valence-corrected chi connectivity index (χ4v) is 8.21. The van der Waals surface area contributed by atoms with Gasteiger partial charge in [0, 0.05) is 57.5 Å². The zero-order valence-corrected chi connectivity index (χ0v) is 34.2. The van der Waals surface area contributed by atoms with E-state index >= 15 is 0 Å². The number of carbonyl (C=O) groups is 3. The Labute approximate surface area is 327 Å². The number of ether oxygens (including phenoxy) is 2. The number of nitrogens with zero attached hydrogens (tertiary/aromatic N) is 2. The van der Waals surface area contributed by atoms with Gasteiger partial charge in [-0.05, 0) is 87.6 Å². The fourth-order valence-electron chi connectivity index (χ4n) is 6.49. The third-order valence-corrected chi connectivity index (χ3v) is 11.4. The van der Waals surface area contributed by atoms with Crippen LogP contribution in [-0.4, -0.2) is 103 Å². The van der Waals surface area contributed by atoms with Crippen molar-refractivity contribution in [3.63, 3.8) is 0 Å². The minimum absolute atomic E-state index is 0.00830. The number of piperidine rings is 1. The van der Waals surface area contributed by atoms with Crippen LogP contribution >= 0.6 is 0 Å². The zero-order valence-electron chi connectivity index (χ0n) is 33.4. The second kappa shape index (κ2) is 22.2. The van der Waals surface area contributed by atoms with Crippen LogP contribution in [0, 0.1) is 20.8 Å². The highest BCUT2D eigenvalue weighted by Gasteiger charge is 2.34. The molecule has 3 amide bonds. The van der Waals surface area contributed by atoms with E-state index in [-0.39, 0.29) is 23.8 Å². The Morgan fingerprint density at radius 3 is 2.31 bits per heavy atom. The first-order valence-corrected chi connectivity index (χ1v) is 20.5. The lowest BCUT2D eigenvalue weighted by Gasteiger charge is -2.31. The molecule has 2 aromatic rings. The SMILES string of the molecule is C=C(CCCNC(=O)CC(NS(=O)(=O)c1c(C)cc(OC)c(C)c1C)C(=O)NC(Cc1ccc(C(N)=NC)cc1)C(=O)N1CCCCC1)NCCOCCC. The number of nitrogens with two attached hydrogens (primary N) is 1. The van der Waals surface area contributed by atoms with Gasteiger partial charge in [0.2, 0.25) is 27.7 Å². The third kappa shape index (κ3) is 13.7. The van der Waals surface area contributed by atoms with E-state index in [1.165, 1.54) is 7.11 Å². The molecule has 1 aliphatic rings. The van der Waals surface area contributed by atoms with Gasteiger partial charge in [0.1, 0.15) is 23.7 Å². The molecule has 0 bridgehead atoms. The summed E-state index contributed by atoms with van der Waals surface area (Å²) in [6.45, 7) is 14.4. The van der Waals surface area contributed by atoms with Gasteiger partial charge in [-0.25, -0.2) is 8.42 Å². The minimum atomic E-state index is -4.36. The number of likely N-dealkylation sites (tertiary alicyclic amines) is 1. The topological polar surface area (TPSA) is 194 Å². The van der Waals surface area contributed by atoms with E-state index in [0.717, 1.165) is 36.9 Å². The van der Waals surface area contributed by atoms with Crippen LogP contribution in [0.3, 0.4) is 0 Å². The minimum Gasteiger partial charge on any atom is -0.496 e. The van der Waals surface area contributed by atoms with Crippen molar-refractivity contribution in [1.29, 1.82) is 0 Å². The van der Waals surface area contributed by atoms with Gasteiger partial charge in [-0.15, -0.1) is 0 Å². The van der Waals surface area contributed by atoms with Crippen molar-refractivity contribution in [2.24, 2.45) is 10.7 Å². The van der Waals surface area contributed by atoms with Crippen molar-refractivity contribution in [3.8, 4) is 5.75 Å². The number of aryl methyl sites for hydroxylation is 1. The van der Waals surface area contributed by atoms with Crippen molar-refractivity contribution in [3.05, 3.63) is 70.4 Å². The van der Waals surface area contributed by atoms with E-state index in [2.05, 4.69) is 32.2 Å². The molecule has 304 valence electrons. The largest absolute Gasteiger partial charge is 0.496 e. The lowest BCUT2D eigenvalue weighted by molar-refractivity contribution is -0.137. The van der Waals surface area contributed by atoms with Crippen LogP contribution in [-0.2, 0) is 35.6 Å². The van der Waals surface area contributed by atoms with Crippen LogP contribution < -0.4 is 31.1 Å².